The highest BCUT2D eigenvalue weighted by Gasteiger charge is 2.31. The van der Waals surface area contributed by atoms with Crippen molar-refractivity contribution in [3.63, 3.8) is 0 Å². The molecule has 4 rings (SSSR count). The van der Waals surface area contributed by atoms with Crippen LogP contribution in [-0.4, -0.2) is 34.4 Å². The first-order chi connectivity index (χ1) is 12.7. The standard InChI is InChI=1S/C21H23N3O2/c1-26-16-7-4-6-15(14-16)11-12-20(25)24-13-5-10-19(24)21-22-17-8-2-3-9-18(17)23-21/h2-4,6-9,14,19H,5,10-13H2,1H3,(H,22,23). The fraction of sp³-hybridized carbons (Fsp3) is 0.333. The van der Waals surface area contributed by atoms with Crippen molar-refractivity contribution in [1.29, 1.82) is 0 Å². The molecule has 134 valence electrons. The third-order valence-electron chi connectivity index (χ3n) is 5.06. The zero-order valence-electron chi connectivity index (χ0n) is 14.9. The Kier molecular flexibility index (Phi) is 4.61. The number of nitrogens with one attached hydrogen (secondary N) is 1. The zero-order chi connectivity index (χ0) is 17.9. The molecule has 26 heavy (non-hydrogen) atoms. The molecule has 0 bridgehead atoms. The van der Waals surface area contributed by atoms with E-state index in [1.54, 1.807) is 7.11 Å². The molecule has 2 heterocycles. The topological polar surface area (TPSA) is 58.2 Å². The first-order valence-corrected chi connectivity index (χ1v) is 9.11. The molecule has 1 N–H and O–H groups in total. The van der Waals surface area contributed by atoms with Crippen molar-refractivity contribution in [3.05, 3.63) is 59.9 Å². The van der Waals surface area contributed by atoms with Crippen LogP contribution in [0.25, 0.3) is 11.0 Å². The van der Waals surface area contributed by atoms with E-state index in [2.05, 4.69) is 4.98 Å². The van der Waals surface area contributed by atoms with E-state index in [4.69, 9.17) is 9.72 Å². The van der Waals surface area contributed by atoms with E-state index in [-0.39, 0.29) is 11.9 Å². The van der Waals surface area contributed by atoms with E-state index in [9.17, 15) is 4.79 Å². The van der Waals surface area contributed by atoms with E-state index in [0.717, 1.165) is 54.0 Å². The van der Waals surface area contributed by atoms with Gasteiger partial charge in [0.2, 0.25) is 5.91 Å². The number of carbonyl (C=O) groups excluding carboxylic acids is 1. The van der Waals surface area contributed by atoms with Crippen molar-refractivity contribution in [2.24, 2.45) is 0 Å². The molecule has 1 saturated heterocycles. The van der Waals surface area contributed by atoms with Gasteiger partial charge in [-0.2, -0.15) is 0 Å². The van der Waals surface area contributed by atoms with Crippen LogP contribution in [0.5, 0.6) is 5.75 Å². The summed E-state index contributed by atoms with van der Waals surface area (Å²) in [4.78, 5) is 22.9. The summed E-state index contributed by atoms with van der Waals surface area (Å²) in [7, 11) is 1.66. The van der Waals surface area contributed by atoms with Gasteiger partial charge in [0.15, 0.2) is 0 Å². The predicted molar refractivity (Wildman–Crippen MR) is 101 cm³/mol. The van der Waals surface area contributed by atoms with Gasteiger partial charge in [-0.25, -0.2) is 4.98 Å². The van der Waals surface area contributed by atoms with Gasteiger partial charge in [-0.15, -0.1) is 0 Å². The van der Waals surface area contributed by atoms with Crippen LogP contribution in [0.3, 0.4) is 0 Å². The van der Waals surface area contributed by atoms with Crippen molar-refractivity contribution in [2.45, 2.75) is 31.7 Å². The third kappa shape index (κ3) is 3.29. The summed E-state index contributed by atoms with van der Waals surface area (Å²) in [6.45, 7) is 0.804. The zero-order valence-corrected chi connectivity index (χ0v) is 14.9. The van der Waals surface area contributed by atoms with Crippen LogP contribution < -0.4 is 4.74 Å². The number of benzene rings is 2. The number of para-hydroxylation sites is 2. The Morgan fingerprint density at radius 1 is 1.27 bits per heavy atom. The molecule has 0 spiro atoms. The monoisotopic (exact) mass is 349 g/mol. The van der Waals surface area contributed by atoms with E-state index < -0.39 is 0 Å². The number of aromatic nitrogens is 2. The molecule has 1 amide bonds. The summed E-state index contributed by atoms with van der Waals surface area (Å²) in [6.07, 6.45) is 3.21. The number of imidazole rings is 1. The predicted octanol–water partition coefficient (Wildman–Crippen LogP) is 3.87. The molecule has 0 saturated carbocycles. The van der Waals surface area contributed by atoms with Crippen molar-refractivity contribution in [1.82, 2.24) is 14.9 Å². The summed E-state index contributed by atoms with van der Waals surface area (Å²) in [6, 6.07) is 16.0. The lowest BCUT2D eigenvalue weighted by Crippen LogP contribution is -2.31. The maximum Gasteiger partial charge on any atom is 0.223 e. The molecule has 1 aliphatic heterocycles. The van der Waals surface area contributed by atoms with Gasteiger partial charge in [0, 0.05) is 13.0 Å². The van der Waals surface area contributed by atoms with Gasteiger partial charge in [0.25, 0.3) is 0 Å². The number of nitrogens with zero attached hydrogens (tertiary/aromatic N) is 2. The fourth-order valence-electron chi connectivity index (χ4n) is 3.70. The highest BCUT2D eigenvalue weighted by atomic mass is 16.5. The van der Waals surface area contributed by atoms with Crippen LogP contribution in [0.15, 0.2) is 48.5 Å². The molecular formula is C21H23N3O2. The Morgan fingerprint density at radius 2 is 2.15 bits per heavy atom. The van der Waals surface area contributed by atoms with Gasteiger partial charge < -0.3 is 14.6 Å². The first kappa shape index (κ1) is 16.6. The lowest BCUT2D eigenvalue weighted by molar-refractivity contribution is -0.132. The molecule has 3 aromatic rings. The van der Waals surface area contributed by atoms with Crippen molar-refractivity contribution in [2.75, 3.05) is 13.7 Å². The van der Waals surface area contributed by atoms with Crippen LogP contribution in [0.1, 0.15) is 36.7 Å². The molecule has 0 aliphatic carbocycles. The van der Waals surface area contributed by atoms with Crippen molar-refractivity contribution in [3.8, 4) is 5.75 Å². The largest absolute Gasteiger partial charge is 0.497 e. The number of H-pyrrole nitrogens is 1. The lowest BCUT2D eigenvalue weighted by atomic mass is 10.1. The van der Waals surface area contributed by atoms with Crippen molar-refractivity contribution >= 4 is 16.9 Å². The maximum atomic E-state index is 12.8. The highest BCUT2D eigenvalue weighted by molar-refractivity contribution is 5.78. The molecule has 2 aromatic carbocycles. The summed E-state index contributed by atoms with van der Waals surface area (Å²) < 4.78 is 5.26. The van der Waals surface area contributed by atoms with Crippen LogP contribution in [0, 0.1) is 0 Å². The SMILES string of the molecule is COc1cccc(CCC(=O)N2CCCC2c2nc3ccccc3[nH]2)c1. The second-order valence-electron chi connectivity index (χ2n) is 6.74. The molecule has 1 unspecified atom stereocenters. The number of aryl methyl sites for hydroxylation is 1. The second-order valence-corrected chi connectivity index (χ2v) is 6.74. The number of rotatable bonds is 5. The Labute approximate surface area is 153 Å². The smallest absolute Gasteiger partial charge is 0.223 e. The second kappa shape index (κ2) is 7.20. The van der Waals surface area contributed by atoms with E-state index >= 15 is 0 Å². The van der Waals surface area contributed by atoms with Gasteiger partial charge in [-0.3, -0.25) is 4.79 Å². The van der Waals surface area contributed by atoms with Gasteiger partial charge in [0.1, 0.15) is 11.6 Å². The number of methoxy groups -OCH3 is 1. The molecule has 1 fully saturated rings. The Hall–Kier alpha value is -2.82. The molecule has 1 aliphatic rings. The number of amides is 1. The minimum Gasteiger partial charge on any atom is -0.497 e. The van der Waals surface area contributed by atoms with Gasteiger partial charge >= 0.3 is 0 Å². The minimum absolute atomic E-state index is 0.0557. The summed E-state index contributed by atoms with van der Waals surface area (Å²) in [5, 5.41) is 0. The molecule has 0 radical (unpaired) electrons. The number of ether oxygens (including phenoxy) is 1. The van der Waals surface area contributed by atoms with Crippen LogP contribution in [0.4, 0.5) is 0 Å². The highest BCUT2D eigenvalue weighted by Crippen LogP contribution is 2.32. The summed E-state index contributed by atoms with van der Waals surface area (Å²) in [5.74, 6) is 1.92. The Bertz CT molecular complexity index is 885. The number of fused-ring (bicyclic) bond motifs is 1. The van der Waals surface area contributed by atoms with Crippen LogP contribution in [0.2, 0.25) is 0 Å². The van der Waals surface area contributed by atoms with E-state index in [0.29, 0.717) is 6.42 Å². The van der Waals surface area contributed by atoms with Crippen LogP contribution in [-0.2, 0) is 11.2 Å². The number of carbonyl (C=O) groups is 1. The Balaban J connectivity index is 1.46. The van der Waals surface area contributed by atoms with E-state index in [1.165, 1.54) is 0 Å². The number of hydrogen-bond acceptors (Lipinski definition) is 3. The molecule has 5 heteroatoms. The fourth-order valence-corrected chi connectivity index (χ4v) is 3.70. The summed E-state index contributed by atoms with van der Waals surface area (Å²) >= 11 is 0. The first-order valence-electron chi connectivity index (χ1n) is 9.11. The Morgan fingerprint density at radius 3 is 3.00 bits per heavy atom. The average molecular weight is 349 g/mol. The normalized spacial score (nSPS) is 17.0. The van der Waals surface area contributed by atoms with Crippen molar-refractivity contribution < 1.29 is 9.53 Å². The summed E-state index contributed by atoms with van der Waals surface area (Å²) in [5.41, 5.74) is 3.11. The molecule has 1 aromatic heterocycles. The molecular weight excluding hydrogens is 326 g/mol. The molecule has 5 nitrogen and oxygen atoms in total. The number of aromatic amines is 1. The van der Waals surface area contributed by atoms with Gasteiger partial charge in [-0.1, -0.05) is 24.3 Å². The van der Waals surface area contributed by atoms with Gasteiger partial charge in [-0.05, 0) is 49.1 Å². The van der Waals surface area contributed by atoms with Crippen LogP contribution >= 0.6 is 0 Å². The minimum atomic E-state index is 0.0557. The van der Waals surface area contributed by atoms with E-state index in [1.807, 2.05) is 53.4 Å². The quantitative estimate of drug-likeness (QED) is 0.761. The average Bonchev–Trinajstić information content (AvgIpc) is 3.32. The maximum absolute atomic E-state index is 12.8. The number of hydrogen-bond donors (Lipinski definition) is 1. The third-order valence-corrected chi connectivity index (χ3v) is 5.06. The number of likely N-dealkylation sites (tertiary alicyclic amines) is 1. The molecule has 1 atom stereocenters. The van der Waals surface area contributed by atoms with Gasteiger partial charge in [0.05, 0.1) is 24.2 Å². The lowest BCUT2D eigenvalue weighted by Gasteiger charge is -2.23.